The third-order valence-electron chi connectivity index (χ3n) is 3.28. The third kappa shape index (κ3) is 4.89. The van der Waals surface area contributed by atoms with Gasteiger partial charge < -0.3 is 10.1 Å². The Morgan fingerprint density at radius 2 is 1.96 bits per heavy atom. The van der Waals surface area contributed by atoms with Crippen molar-refractivity contribution >= 4 is 11.7 Å². The largest absolute Gasteiger partial charge is 0.367 e. The molecule has 3 rings (SSSR count). The lowest BCUT2D eigenvalue weighted by atomic mass is 10.2. The number of nitrogens with zero attached hydrogens (tertiary/aromatic N) is 4. The molecule has 3 aromatic heterocycles. The minimum absolute atomic E-state index is 0.0652. The molecular formula is C18H17N5O2. The molecule has 0 saturated heterocycles. The highest BCUT2D eigenvalue weighted by molar-refractivity contribution is 5.90. The van der Waals surface area contributed by atoms with E-state index in [2.05, 4.69) is 25.3 Å². The quantitative estimate of drug-likeness (QED) is 0.744. The summed E-state index contributed by atoms with van der Waals surface area (Å²) in [5.41, 5.74) is 2.52. The van der Waals surface area contributed by atoms with E-state index in [4.69, 9.17) is 4.74 Å². The molecule has 0 aliphatic rings. The van der Waals surface area contributed by atoms with Crippen molar-refractivity contribution in [2.45, 2.75) is 13.5 Å². The van der Waals surface area contributed by atoms with E-state index < -0.39 is 0 Å². The lowest BCUT2D eigenvalue weighted by molar-refractivity contribution is -0.121. The van der Waals surface area contributed by atoms with Crippen LogP contribution in [-0.4, -0.2) is 32.4 Å². The maximum absolute atomic E-state index is 12.0. The Hall–Kier alpha value is -3.19. The summed E-state index contributed by atoms with van der Waals surface area (Å²) in [4.78, 5) is 28.8. The Balaban J connectivity index is 1.54. The van der Waals surface area contributed by atoms with Crippen molar-refractivity contribution in [2.24, 2.45) is 0 Å². The van der Waals surface area contributed by atoms with Crippen molar-refractivity contribution in [1.29, 1.82) is 0 Å². The highest BCUT2D eigenvalue weighted by Crippen LogP contribution is 2.12. The van der Waals surface area contributed by atoms with Gasteiger partial charge in [-0.05, 0) is 42.8 Å². The topological polar surface area (TPSA) is 89.9 Å². The molecule has 0 aliphatic carbocycles. The van der Waals surface area contributed by atoms with Crippen LogP contribution in [0.15, 0.2) is 55.0 Å². The fourth-order valence-corrected chi connectivity index (χ4v) is 2.18. The van der Waals surface area contributed by atoms with Crippen LogP contribution in [0.25, 0.3) is 11.5 Å². The zero-order chi connectivity index (χ0) is 17.5. The number of hydrogen-bond donors (Lipinski definition) is 1. The molecule has 3 heterocycles. The van der Waals surface area contributed by atoms with Crippen molar-refractivity contribution in [3.05, 3.63) is 66.2 Å². The van der Waals surface area contributed by atoms with Crippen LogP contribution in [0, 0.1) is 6.92 Å². The van der Waals surface area contributed by atoms with Gasteiger partial charge in [0, 0.05) is 24.3 Å². The van der Waals surface area contributed by atoms with E-state index >= 15 is 0 Å². The average molecular weight is 335 g/mol. The summed E-state index contributed by atoms with van der Waals surface area (Å²) in [7, 11) is 0. The molecule has 7 nitrogen and oxygen atoms in total. The number of anilines is 1. The van der Waals surface area contributed by atoms with Crippen molar-refractivity contribution in [1.82, 2.24) is 19.9 Å². The van der Waals surface area contributed by atoms with E-state index in [0.717, 1.165) is 11.3 Å². The molecule has 3 aromatic rings. The summed E-state index contributed by atoms with van der Waals surface area (Å²) in [6, 6.07) is 10.9. The fraction of sp³-hybridized carbons (Fsp3) is 0.167. The Kier molecular flexibility index (Phi) is 5.38. The van der Waals surface area contributed by atoms with E-state index in [-0.39, 0.29) is 12.5 Å². The van der Waals surface area contributed by atoms with Crippen LogP contribution in [0.5, 0.6) is 0 Å². The molecular weight excluding hydrogens is 318 g/mol. The Labute approximate surface area is 145 Å². The summed E-state index contributed by atoms with van der Waals surface area (Å²) in [5.74, 6) is 0.576. The second-order valence-corrected chi connectivity index (χ2v) is 5.33. The highest BCUT2D eigenvalue weighted by atomic mass is 16.5. The number of hydrogen-bond acceptors (Lipinski definition) is 6. The first kappa shape index (κ1) is 16.7. The molecule has 126 valence electrons. The first-order chi connectivity index (χ1) is 12.2. The zero-order valence-corrected chi connectivity index (χ0v) is 13.7. The lowest BCUT2D eigenvalue weighted by Gasteiger charge is -2.07. The number of aryl methyl sites for hydroxylation is 1. The molecule has 0 bridgehead atoms. The van der Waals surface area contributed by atoms with Gasteiger partial charge in [0.2, 0.25) is 0 Å². The van der Waals surface area contributed by atoms with Crippen LogP contribution in [0.4, 0.5) is 5.82 Å². The molecule has 0 aliphatic heterocycles. The van der Waals surface area contributed by atoms with Crippen LogP contribution in [0.1, 0.15) is 11.3 Å². The minimum Gasteiger partial charge on any atom is -0.367 e. The predicted molar refractivity (Wildman–Crippen MR) is 92.5 cm³/mol. The Morgan fingerprint density at radius 3 is 2.76 bits per heavy atom. The molecule has 0 unspecified atom stereocenters. The highest BCUT2D eigenvalue weighted by Gasteiger charge is 2.07. The second kappa shape index (κ2) is 8.07. The number of carbonyl (C=O) groups excluding carboxylic acids is 1. The summed E-state index contributed by atoms with van der Waals surface area (Å²) in [6.45, 7) is 2.19. The molecule has 0 aromatic carbocycles. The molecule has 0 atom stereocenters. The first-order valence-electron chi connectivity index (χ1n) is 7.74. The van der Waals surface area contributed by atoms with Crippen molar-refractivity contribution in [3.63, 3.8) is 0 Å². The van der Waals surface area contributed by atoms with Crippen LogP contribution >= 0.6 is 0 Å². The van der Waals surface area contributed by atoms with E-state index in [1.54, 1.807) is 30.7 Å². The number of carbonyl (C=O) groups is 1. The summed E-state index contributed by atoms with van der Waals surface area (Å²) >= 11 is 0. The SMILES string of the molecule is Cc1cc(COCC(=O)Nc2ccnc(-c3ccccn3)n2)ccn1. The molecule has 0 spiro atoms. The second-order valence-electron chi connectivity index (χ2n) is 5.33. The van der Waals surface area contributed by atoms with Gasteiger partial charge in [-0.2, -0.15) is 0 Å². The lowest BCUT2D eigenvalue weighted by Crippen LogP contribution is -2.19. The van der Waals surface area contributed by atoms with Crippen molar-refractivity contribution in [3.8, 4) is 11.5 Å². The van der Waals surface area contributed by atoms with E-state index in [0.29, 0.717) is 23.9 Å². The molecule has 1 amide bonds. The summed E-state index contributed by atoms with van der Waals surface area (Å²) in [6.07, 6.45) is 4.96. The molecule has 7 heteroatoms. The Morgan fingerprint density at radius 1 is 1.08 bits per heavy atom. The Bertz CT molecular complexity index is 855. The number of amides is 1. The summed E-state index contributed by atoms with van der Waals surface area (Å²) < 4.78 is 5.43. The molecule has 0 saturated carbocycles. The average Bonchev–Trinajstić information content (AvgIpc) is 2.63. The van der Waals surface area contributed by atoms with Crippen LogP contribution in [-0.2, 0) is 16.1 Å². The van der Waals surface area contributed by atoms with Gasteiger partial charge in [0.05, 0.1) is 6.61 Å². The van der Waals surface area contributed by atoms with Crippen LogP contribution in [0.3, 0.4) is 0 Å². The van der Waals surface area contributed by atoms with Gasteiger partial charge in [-0.3, -0.25) is 14.8 Å². The van der Waals surface area contributed by atoms with Crippen LogP contribution < -0.4 is 5.32 Å². The minimum atomic E-state index is -0.281. The van der Waals surface area contributed by atoms with Crippen LogP contribution in [0.2, 0.25) is 0 Å². The smallest absolute Gasteiger partial charge is 0.251 e. The monoisotopic (exact) mass is 335 g/mol. The van der Waals surface area contributed by atoms with Gasteiger partial charge in [-0.1, -0.05) is 6.07 Å². The number of rotatable bonds is 6. The molecule has 0 fully saturated rings. The number of pyridine rings is 2. The first-order valence-corrected chi connectivity index (χ1v) is 7.74. The normalized spacial score (nSPS) is 10.4. The van der Waals surface area contributed by atoms with Gasteiger partial charge in [0.25, 0.3) is 5.91 Å². The van der Waals surface area contributed by atoms with Gasteiger partial charge >= 0.3 is 0 Å². The van der Waals surface area contributed by atoms with E-state index in [1.807, 2.05) is 31.2 Å². The maximum atomic E-state index is 12.0. The van der Waals surface area contributed by atoms with Gasteiger partial charge in [0.1, 0.15) is 18.1 Å². The standard InChI is InChI=1S/C18H17N5O2/c1-13-10-14(5-8-19-13)11-25-12-17(24)22-16-6-9-21-18(23-16)15-4-2-3-7-20-15/h2-10H,11-12H2,1H3,(H,21,22,23,24). The van der Waals surface area contributed by atoms with Gasteiger partial charge in [-0.25, -0.2) is 9.97 Å². The number of aromatic nitrogens is 4. The fourth-order valence-electron chi connectivity index (χ4n) is 2.18. The molecule has 1 N–H and O–H groups in total. The summed E-state index contributed by atoms with van der Waals surface area (Å²) in [5, 5.41) is 2.69. The maximum Gasteiger partial charge on any atom is 0.251 e. The van der Waals surface area contributed by atoms with Gasteiger partial charge in [-0.15, -0.1) is 0 Å². The molecule has 0 radical (unpaired) electrons. The third-order valence-corrected chi connectivity index (χ3v) is 3.28. The molecule has 25 heavy (non-hydrogen) atoms. The van der Waals surface area contributed by atoms with Gasteiger partial charge in [0.15, 0.2) is 5.82 Å². The predicted octanol–water partition coefficient (Wildman–Crippen LogP) is 2.40. The van der Waals surface area contributed by atoms with E-state index in [1.165, 1.54) is 0 Å². The van der Waals surface area contributed by atoms with E-state index in [9.17, 15) is 4.79 Å². The number of nitrogens with one attached hydrogen (secondary N) is 1. The van der Waals surface area contributed by atoms with Crippen molar-refractivity contribution < 1.29 is 9.53 Å². The zero-order valence-electron chi connectivity index (χ0n) is 13.7. The number of ether oxygens (including phenoxy) is 1. The van der Waals surface area contributed by atoms with Crippen molar-refractivity contribution in [2.75, 3.05) is 11.9 Å².